The van der Waals surface area contributed by atoms with Gasteiger partial charge in [0.15, 0.2) is 0 Å². The second kappa shape index (κ2) is 6.53. The second-order valence-electron chi connectivity index (χ2n) is 6.21. The Bertz CT molecular complexity index is 376. The lowest BCUT2D eigenvalue weighted by Gasteiger charge is -2.40. The van der Waals surface area contributed by atoms with Gasteiger partial charge in [-0.05, 0) is 37.2 Å². The average Bonchev–Trinajstić information content (AvgIpc) is 2.48. The molecule has 1 saturated heterocycles. The summed E-state index contributed by atoms with van der Waals surface area (Å²) in [4.78, 5) is 0. The van der Waals surface area contributed by atoms with Gasteiger partial charge in [0, 0.05) is 25.2 Å². The fraction of sp³-hybridized carbons (Fsp3) is 0.647. The molecule has 1 saturated carbocycles. The van der Waals surface area contributed by atoms with Crippen LogP contribution in [0.4, 0.5) is 0 Å². The second-order valence-corrected chi connectivity index (χ2v) is 6.21. The van der Waals surface area contributed by atoms with Gasteiger partial charge in [-0.15, -0.1) is 0 Å². The van der Waals surface area contributed by atoms with Crippen LogP contribution in [0.5, 0.6) is 0 Å². The van der Waals surface area contributed by atoms with Crippen molar-refractivity contribution in [2.45, 2.75) is 57.2 Å². The predicted molar refractivity (Wildman–Crippen MR) is 80.1 cm³/mol. The van der Waals surface area contributed by atoms with E-state index in [2.05, 4.69) is 41.0 Å². The van der Waals surface area contributed by atoms with Gasteiger partial charge in [0.25, 0.3) is 0 Å². The van der Waals surface area contributed by atoms with Crippen LogP contribution in [0.1, 0.15) is 44.1 Å². The van der Waals surface area contributed by atoms with E-state index in [9.17, 15) is 0 Å². The summed E-state index contributed by atoms with van der Waals surface area (Å²) in [5, 5.41) is 7.48. The molecule has 1 aromatic rings. The highest BCUT2D eigenvalue weighted by Gasteiger charge is 2.31. The van der Waals surface area contributed by atoms with Crippen LogP contribution < -0.4 is 10.6 Å². The van der Waals surface area contributed by atoms with Crippen molar-refractivity contribution in [3.63, 3.8) is 0 Å². The van der Waals surface area contributed by atoms with Crippen LogP contribution in [-0.4, -0.2) is 18.6 Å². The Labute approximate surface area is 117 Å². The molecule has 2 nitrogen and oxygen atoms in total. The molecular weight excluding hydrogens is 232 g/mol. The van der Waals surface area contributed by atoms with E-state index < -0.39 is 0 Å². The molecule has 3 rings (SSSR count). The summed E-state index contributed by atoms with van der Waals surface area (Å²) in [6.07, 6.45) is 8.54. The molecule has 2 heteroatoms. The average molecular weight is 258 g/mol. The summed E-state index contributed by atoms with van der Waals surface area (Å²) in [6, 6.07) is 12.2. The molecule has 104 valence electrons. The Morgan fingerprint density at radius 3 is 2.74 bits per heavy atom. The number of rotatable bonds is 4. The fourth-order valence-electron chi connectivity index (χ4n) is 3.72. The maximum atomic E-state index is 3.88. The van der Waals surface area contributed by atoms with E-state index in [1.165, 1.54) is 44.1 Å². The van der Waals surface area contributed by atoms with Gasteiger partial charge in [-0.3, -0.25) is 0 Å². The summed E-state index contributed by atoms with van der Waals surface area (Å²) in [6.45, 7) is 2.10. The summed E-state index contributed by atoms with van der Waals surface area (Å²) in [5.74, 6) is 0.971. The molecule has 0 aromatic heterocycles. The standard InChI is InChI=1S/C17H26N2/c1-2-6-14(7-3-1)12-18-13-16-11-10-15-8-4-5-9-17(15)19-16/h1-3,6-7,15-19H,4-5,8-13H2. The third-order valence-corrected chi connectivity index (χ3v) is 4.81. The van der Waals surface area contributed by atoms with Gasteiger partial charge in [0.2, 0.25) is 0 Å². The monoisotopic (exact) mass is 258 g/mol. The van der Waals surface area contributed by atoms with Gasteiger partial charge in [-0.1, -0.05) is 43.2 Å². The minimum atomic E-state index is 0.683. The number of fused-ring (bicyclic) bond motifs is 1. The van der Waals surface area contributed by atoms with Crippen LogP contribution >= 0.6 is 0 Å². The molecule has 1 heterocycles. The largest absolute Gasteiger partial charge is 0.311 e. The van der Waals surface area contributed by atoms with Gasteiger partial charge in [0.05, 0.1) is 0 Å². The molecule has 1 aliphatic heterocycles. The molecule has 3 atom stereocenters. The van der Waals surface area contributed by atoms with E-state index in [0.717, 1.165) is 25.0 Å². The Hall–Kier alpha value is -0.860. The Morgan fingerprint density at radius 1 is 1.00 bits per heavy atom. The zero-order valence-corrected chi connectivity index (χ0v) is 11.8. The van der Waals surface area contributed by atoms with E-state index >= 15 is 0 Å². The van der Waals surface area contributed by atoms with E-state index in [1.54, 1.807) is 0 Å². The van der Waals surface area contributed by atoms with Crippen molar-refractivity contribution >= 4 is 0 Å². The van der Waals surface area contributed by atoms with Crippen molar-refractivity contribution in [3.8, 4) is 0 Å². The van der Waals surface area contributed by atoms with Crippen molar-refractivity contribution in [1.29, 1.82) is 0 Å². The number of benzene rings is 1. The summed E-state index contributed by atoms with van der Waals surface area (Å²) in [7, 11) is 0. The molecule has 3 unspecified atom stereocenters. The fourth-order valence-corrected chi connectivity index (χ4v) is 3.72. The van der Waals surface area contributed by atoms with Gasteiger partial charge >= 0.3 is 0 Å². The number of hydrogen-bond acceptors (Lipinski definition) is 2. The van der Waals surface area contributed by atoms with Crippen LogP contribution in [0.25, 0.3) is 0 Å². The highest BCUT2D eigenvalue weighted by molar-refractivity contribution is 5.14. The third kappa shape index (κ3) is 3.58. The number of hydrogen-bond donors (Lipinski definition) is 2. The highest BCUT2D eigenvalue weighted by atomic mass is 15.0. The minimum absolute atomic E-state index is 0.683. The van der Waals surface area contributed by atoms with Crippen LogP contribution in [0.3, 0.4) is 0 Å². The van der Waals surface area contributed by atoms with Crippen molar-refractivity contribution in [1.82, 2.24) is 10.6 Å². The lowest BCUT2D eigenvalue weighted by molar-refractivity contribution is 0.174. The quantitative estimate of drug-likeness (QED) is 0.867. The number of nitrogens with one attached hydrogen (secondary N) is 2. The molecule has 1 aromatic carbocycles. The van der Waals surface area contributed by atoms with Crippen LogP contribution in [0.15, 0.2) is 30.3 Å². The first-order valence-electron chi connectivity index (χ1n) is 7.92. The highest BCUT2D eigenvalue weighted by Crippen LogP contribution is 2.31. The van der Waals surface area contributed by atoms with Crippen molar-refractivity contribution in [2.24, 2.45) is 5.92 Å². The first kappa shape index (κ1) is 13.1. The first-order chi connectivity index (χ1) is 9.42. The van der Waals surface area contributed by atoms with Crippen molar-refractivity contribution < 1.29 is 0 Å². The lowest BCUT2D eigenvalue weighted by atomic mass is 9.78. The smallest absolute Gasteiger partial charge is 0.0206 e. The summed E-state index contributed by atoms with van der Waals surface area (Å²) < 4.78 is 0. The van der Waals surface area contributed by atoms with Gasteiger partial charge in [-0.2, -0.15) is 0 Å². The normalized spacial score (nSPS) is 30.8. The molecule has 19 heavy (non-hydrogen) atoms. The third-order valence-electron chi connectivity index (χ3n) is 4.81. The predicted octanol–water partition coefficient (Wildman–Crippen LogP) is 3.09. The first-order valence-corrected chi connectivity index (χ1v) is 7.92. The molecule has 0 amide bonds. The molecule has 0 radical (unpaired) electrons. The van der Waals surface area contributed by atoms with Gasteiger partial charge < -0.3 is 10.6 Å². The maximum Gasteiger partial charge on any atom is 0.0206 e. The number of piperidine rings is 1. The molecule has 2 fully saturated rings. The van der Waals surface area contributed by atoms with Crippen LogP contribution in [-0.2, 0) is 6.54 Å². The SMILES string of the molecule is c1ccc(CNCC2CCC3CCCCC3N2)cc1. The molecule has 2 N–H and O–H groups in total. The molecule has 1 aliphatic carbocycles. The Morgan fingerprint density at radius 2 is 1.84 bits per heavy atom. The van der Waals surface area contributed by atoms with E-state index in [1.807, 2.05) is 0 Å². The molecular formula is C17H26N2. The summed E-state index contributed by atoms with van der Waals surface area (Å²) >= 11 is 0. The van der Waals surface area contributed by atoms with E-state index in [0.29, 0.717) is 6.04 Å². The van der Waals surface area contributed by atoms with Crippen LogP contribution in [0, 0.1) is 5.92 Å². The molecule has 2 aliphatic rings. The van der Waals surface area contributed by atoms with Crippen LogP contribution in [0.2, 0.25) is 0 Å². The van der Waals surface area contributed by atoms with Gasteiger partial charge in [0.1, 0.15) is 0 Å². The topological polar surface area (TPSA) is 24.1 Å². The van der Waals surface area contributed by atoms with Crippen molar-refractivity contribution in [3.05, 3.63) is 35.9 Å². The van der Waals surface area contributed by atoms with E-state index in [-0.39, 0.29) is 0 Å². The molecule has 0 spiro atoms. The maximum absolute atomic E-state index is 3.88. The zero-order valence-electron chi connectivity index (χ0n) is 11.8. The van der Waals surface area contributed by atoms with Crippen molar-refractivity contribution in [2.75, 3.05) is 6.54 Å². The van der Waals surface area contributed by atoms with Gasteiger partial charge in [-0.25, -0.2) is 0 Å². The minimum Gasteiger partial charge on any atom is -0.311 e. The van der Waals surface area contributed by atoms with E-state index in [4.69, 9.17) is 0 Å². The Kier molecular flexibility index (Phi) is 4.52. The zero-order chi connectivity index (χ0) is 12.9. The summed E-state index contributed by atoms with van der Waals surface area (Å²) in [5.41, 5.74) is 1.38. The molecule has 0 bridgehead atoms. The lowest BCUT2D eigenvalue weighted by Crippen LogP contribution is -2.52. The Balaban J connectivity index is 1.41.